The maximum Gasteiger partial charge on any atom is 0.0767 e. The van der Waals surface area contributed by atoms with Crippen molar-refractivity contribution in [2.45, 2.75) is 19.9 Å². The van der Waals surface area contributed by atoms with Gasteiger partial charge < -0.3 is 5.32 Å². The van der Waals surface area contributed by atoms with Crippen molar-refractivity contribution in [3.05, 3.63) is 38.8 Å². The standard InChI is InChI=1S/C12H14Br2N4/c1-3-10-12(14)11(18(2)17-10)7-16-9-4-8(13)5-15-6-9/h4-6,16H,3,7H2,1-2H3. The van der Waals surface area contributed by atoms with Crippen LogP contribution in [0.5, 0.6) is 0 Å². The minimum Gasteiger partial charge on any atom is -0.378 e. The number of nitrogens with one attached hydrogen (secondary N) is 1. The van der Waals surface area contributed by atoms with Crippen LogP contribution in [0.1, 0.15) is 18.3 Å². The van der Waals surface area contributed by atoms with E-state index in [4.69, 9.17) is 0 Å². The Bertz CT molecular complexity index is 551. The van der Waals surface area contributed by atoms with Crippen LogP contribution in [0.2, 0.25) is 0 Å². The smallest absolute Gasteiger partial charge is 0.0767 e. The molecule has 6 heteroatoms. The summed E-state index contributed by atoms with van der Waals surface area (Å²) in [5.74, 6) is 0. The van der Waals surface area contributed by atoms with Crippen molar-refractivity contribution >= 4 is 37.5 Å². The Balaban J connectivity index is 2.13. The van der Waals surface area contributed by atoms with Crippen molar-refractivity contribution in [2.24, 2.45) is 7.05 Å². The zero-order valence-electron chi connectivity index (χ0n) is 10.2. The quantitative estimate of drug-likeness (QED) is 0.891. The van der Waals surface area contributed by atoms with Gasteiger partial charge >= 0.3 is 0 Å². The van der Waals surface area contributed by atoms with Crippen molar-refractivity contribution in [3.8, 4) is 0 Å². The van der Waals surface area contributed by atoms with E-state index in [-0.39, 0.29) is 0 Å². The van der Waals surface area contributed by atoms with E-state index >= 15 is 0 Å². The van der Waals surface area contributed by atoms with E-state index in [1.807, 2.05) is 17.8 Å². The Morgan fingerprint density at radius 2 is 2.11 bits per heavy atom. The summed E-state index contributed by atoms with van der Waals surface area (Å²) in [5.41, 5.74) is 3.20. The van der Waals surface area contributed by atoms with E-state index in [0.717, 1.165) is 32.4 Å². The first-order chi connectivity index (χ1) is 8.61. The molecular weight excluding hydrogens is 360 g/mol. The molecular formula is C12H14Br2N4. The predicted octanol–water partition coefficient (Wildman–Crippen LogP) is 3.51. The number of anilines is 1. The lowest BCUT2D eigenvalue weighted by molar-refractivity contribution is 0.706. The molecule has 2 rings (SSSR count). The zero-order valence-corrected chi connectivity index (χ0v) is 13.4. The van der Waals surface area contributed by atoms with Crippen LogP contribution >= 0.6 is 31.9 Å². The van der Waals surface area contributed by atoms with Gasteiger partial charge in [0.15, 0.2) is 0 Å². The molecule has 0 atom stereocenters. The second-order valence-corrected chi connectivity index (χ2v) is 5.64. The fourth-order valence-electron chi connectivity index (χ4n) is 1.71. The first-order valence-corrected chi connectivity index (χ1v) is 7.25. The van der Waals surface area contributed by atoms with E-state index in [0.29, 0.717) is 6.54 Å². The summed E-state index contributed by atoms with van der Waals surface area (Å²) in [6.07, 6.45) is 4.49. The van der Waals surface area contributed by atoms with Crippen molar-refractivity contribution in [3.63, 3.8) is 0 Å². The number of hydrogen-bond donors (Lipinski definition) is 1. The molecule has 0 aromatic carbocycles. The highest BCUT2D eigenvalue weighted by Gasteiger charge is 2.11. The Morgan fingerprint density at radius 1 is 1.33 bits per heavy atom. The second kappa shape index (κ2) is 5.84. The van der Waals surface area contributed by atoms with Crippen LogP contribution in [0.3, 0.4) is 0 Å². The van der Waals surface area contributed by atoms with Crippen molar-refractivity contribution in [1.29, 1.82) is 0 Å². The number of aryl methyl sites for hydroxylation is 2. The van der Waals surface area contributed by atoms with Crippen LogP contribution in [-0.2, 0) is 20.0 Å². The first-order valence-electron chi connectivity index (χ1n) is 5.66. The van der Waals surface area contributed by atoms with Gasteiger partial charge in [0.1, 0.15) is 0 Å². The van der Waals surface area contributed by atoms with Gasteiger partial charge in [-0.05, 0) is 44.3 Å². The van der Waals surface area contributed by atoms with Gasteiger partial charge in [0.25, 0.3) is 0 Å². The zero-order chi connectivity index (χ0) is 13.1. The molecule has 0 radical (unpaired) electrons. The maximum absolute atomic E-state index is 4.46. The van der Waals surface area contributed by atoms with Gasteiger partial charge in [-0.1, -0.05) is 6.92 Å². The molecule has 0 aliphatic carbocycles. The highest BCUT2D eigenvalue weighted by molar-refractivity contribution is 9.10. The fourth-order valence-corrected chi connectivity index (χ4v) is 2.83. The molecule has 0 spiro atoms. The number of halogens is 2. The van der Waals surface area contributed by atoms with Crippen LogP contribution in [0.25, 0.3) is 0 Å². The third-order valence-electron chi connectivity index (χ3n) is 2.67. The molecule has 0 aliphatic heterocycles. The normalized spacial score (nSPS) is 10.7. The van der Waals surface area contributed by atoms with Gasteiger partial charge in [-0.3, -0.25) is 9.67 Å². The van der Waals surface area contributed by atoms with Crippen LogP contribution in [0.15, 0.2) is 27.4 Å². The van der Waals surface area contributed by atoms with E-state index in [2.05, 4.69) is 54.2 Å². The van der Waals surface area contributed by atoms with Gasteiger partial charge in [0.05, 0.1) is 34.3 Å². The predicted molar refractivity (Wildman–Crippen MR) is 79.5 cm³/mol. The topological polar surface area (TPSA) is 42.7 Å². The molecule has 0 amide bonds. The highest BCUT2D eigenvalue weighted by Crippen LogP contribution is 2.23. The van der Waals surface area contributed by atoms with Crippen LogP contribution < -0.4 is 5.32 Å². The van der Waals surface area contributed by atoms with Crippen molar-refractivity contribution < 1.29 is 0 Å². The molecule has 0 aliphatic rings. The molecule has 4 nitrogen and oxygen atoms in total. The van der Waals surface area contributed by atoms with Crippen molar-refractivity contribution in [2.75, 3.05) is 5.32 Å². The molecule has 0 saturated carbocycles. The lowest BCUT2D eigenvalue weighted by Crippen LogP contribution is -2.06. The average Bonchev–Trinajstić information content (AvgIpc) is 2.62. The molecule has 18 heavy (non-hydrogen) atoms. The number of rotatable bonds is 4. The molecule has 0 saturated heterocycles. The Morgan fingerprint density at radius 3 is 2.72 bits per heavy atom. The minimum absolute atomic E-state index is 0.711. The molecule has 0 fully saturated rings. The van der Waals surface area contributed by atoms with Gasteiger partial charge in [-0.25, -0.2) is 0 Å². The van der Waals surface area contributed by atoms with Crippen LogP contribution in [0, 0.1) is 0 Å². The highest BCUT2D eigenvalue weighted by atomic mass is 79.9. The van der Waals surface area contributed by atoms with Gasteiger partial charge in [-0.15, -0.1) is 0 Å². The molecule has 0 bridgehead atoms. The monoisotopic (exact) mass is 372 g/mol. The number of hydrogen-bond acceptors (Lipinski definition) is 3. The fraction of sp³-hybridized carbons (Fsp3) is 0.333. The summed E-state index contributed by atoms with van der Waals surface area (Å²) in [5, 5.41) is 7.80. The second-order valence-electron chi connectivity index (χ2n) is 3.93. The van der Waals surface area contributed by atoms with E-state index in [1.54, 1.807) is 12.4 Å². The summed E-state index contributed by atoms with van der Waals surface area (Å²) in [6, 6.07) is 2.00. The lowest BCUT2D eigenvalue weighted by atomic mass is 10.3. The average molecular weight is 374 g/mol. The summed E-state index contributed by atoms with van der Waals surface area (Å²) in [4.78, 5) is 4.12. The summed E-state index contributed by atoms with van der Waals surface area (Å²) < 4.78 is 3.95. The van der Waals surface area contributed by atoms with E-state index in [9.17, 15) is 0 Å². The third kappa shape index (κ3) is 2.92. The molecule has 2 aromatic rings. The Kier molecular flexibility index (Phi) is 4.40. The van der Waals surface area contributed by atoms with Crippen molar-refractivity contribution in [1.82, 2.24) is 14.8 Å². The number of pyridine rings is 1. The number of aromatic nitrogens is 3. The van der Waals surface area contributed by atoms with Gasteiger partial charge in [0, 0.05) is 17.7 Å². The molecule has 2 heterocycles. The summed E-state index contributed by atoms with van der Waals surface area (Å²) >= 11 is 7.01. The van der Waals surface area contributed by atoms with Gasteiger partial charge in [-0.2, -0.15) is 5.10 Å². The van der Waals surface area contributed by atoms with Crippen LogP contribution in [-0.4, -0.2) is 14.8 Å². The first kappa shape index (κ1) is 13.5. The molecule has 2 aromatic heterocycles. The lowest BCUT2D eigenvalue weighted by Gasteiger charge is -2.07. The minimum atomic E-state index is 0.711. The maximum atomic E-state index is 4.46. The third-order valence-corrected chi connectivity index (χ3v) is 4.02. The Hall–Kier alpha value is -0.880. The van der Waals surface area contributed by atoms with E-state index in [1.165, 1.54) is 0 Å². The van der Waals surface area contributed by atoms with Crippen LogP contribution in [0.4, 0.5) is 5.69 Å². The molecule has 1 N–H and O–H groups in total. The largest absolute Gasteiger partial charge is 0.378 e. The van der Waals surface area contributed by atoms with Gasteiger partial charge in [0.2, 0.25) is 0 Å². The van der Waals surface area contributed by atoms with E-state index < -0.39 is 0 Å². The Labute approximate surface area is 123 Å². The molecule has 0 unspecified atom stereocenters. The summed E-state index contributed by atoms with van der Waals surface area (Å²) in [7, 11) is 1.96. The molecule has 96 valence electrons. The SMILES string of the molecule is CCc1nn(C)c(CNc2cncc(Br)c2)c1Br. The summed E-state index contributed by atoms with van der Waals surface area (Å²) in [6.45, 7) is 2.81. The number of nitrogens with zero attached hydrogens (tertiary/aromatic N) is 3.